The van der Waals surface area contributed by atoms with Crippen LogP contribution in [0.3, 0.4) is 0 Å². The Morgan fingerprint density at radius 1 is 1.70 bits per heavy atom. The maximum absolute atomic E-state index is 11.3. The Morgan fingerprint density at radius 2 is 2.30 bits per heavy atom. The van der Waals surface area contributed by atoms with Gasteiger partial charge in [0, 0.05) is 11.0 Å². The fourth-order valence-corrected chi connectivity index (χ4v) is 4.31. The van der Waals surface area contributed by atoms with Crippen molar-refractivity contribution in [2.24, 2.45) is 0 Å². The molecule has 0 bridgehead atoms. The molecule has 1 saturated heterocycles. The first kappa shape index (κ1) is 8.34. The predicted octanol–water partition coefficient (Wildman–Crippen LogP) is 2.12. The smallest absolute Gasteiger partial charge is 0.0705 e. The molecule has 0 aromatic carbocycles. The number of rotatable bonds is 0. The Bertz CT molecular complexity index is 192. The summed E-state index contributed by atoms with van der Waals surface area (Å²) in [7, 11) is -0.678. The van der Waals surface area contributed by atoms with Crippen LogP contribution in [0, 0.1) is 0 Å². The molecular weight excluding hydrogens is 164 g/mol. The number of hydrogen-bond donors (Lipinski definition) is 0. The van der Waals surface area contributed by atoms with Crippen molar-refractivity contribution < 1.29 is 4.21 Å². The normalized spacial score (nSPS) is 32.9. The van der Waals surface area contributed by atoms with E-state index < -0.39 is 10.8 Å². The molecule has 1 aliphatic rings. The quantitative estimate of drug-likeness (QED) is 0.562. The van der Waals surface area contributed by atoms with Crippen LogP contribution in [-0.4, -0.2) is 15.2 Å². The Balaban J connectivity index is 2.83. The van der Waals surface area contributed by atoms with Gasteiger partial charge in [0.15, 0.2) is 0 Å². The molecule has 0 aromatic heterocycles. The summed E-state index contributed by atoms with van der Waals surface area (Å²) >= 11 is 1.76. The maximum atomic E-state index is 11.3. The molecule has 0 amide bonds. The lowest BCUT2D eigenvalue weighted by Gasteiger charge is -1.96. The molecule has 0 saturated carbocycles. The monoisotopic (exact) mass is 176 g/mol. The first-order valence-electron chi connectivity index (χ1n) is 3.33. The summed E-state index contributed by atoms with van der Waals surface area (Å²) in [6, 6.07) is 0. The van der Waals surface area contributed by atoms with E-state index in [0.717, 1.165) is 9.99 Å². The van der Waals surface area contributed by atoms with Crippen molar-refractivity contribution in [3.8, 4) is 0 Å². The van der Waals surface area contributed by atoms with E-state index in [0.29, 0.717) is 5.25 Å². The highest BCUT2D eigenvalue weighted by molar-refractivity contribution is 8.19. The Labute approximate surface area is 68.7 Å². The van der Waals surface area contributed by atoms with Crippen LogP contribution in [0.4, 0.5) is 0 Å². The maximum Gasteiger partial charge on any atom is 0.0705 e. The summed E-state index contributed by atoms with van der Waals surface area (Å²) in [5.74, 6) is 0.838. The van der Waals surface area contributed by atoms with E-state index in [-0.39, 0.29) is 0 Å². The zero-order chi connectivity index (χ0) is 7.72. The summed E-state index contributed by atoms with van der Waals surface area (Å²) < 4.78 is 12.4. The van der Waals surface area contributed by atoms with Gasteiger partial charge in [-0.15, -0.1) is 11.8 Å². The van der Waals surface area contributed by atoms with Crippen molar-refractivity contribution in [2.45, 2.75) is 26.0 Å². The zero-order valence-corrected chi connectivity index (χ0v) is 8.14. The minimum Gasteiger partial charge on any atom is -0.254 e. The fourth-order valence-electron chi connectivity index (χ4n) is 0.905. The van der Waals surface area contributed by atoms with Crippen LogP contribution in [0.15, 0.2) is 9.81 Å². The van der Waals surface area contributed by atoms with Gasteiger partial charge in [0.25, 0.3) is 0 Å². The summed E-state index contributed by atoms with van der Waals surface area (Å²) in [5, 5.41) is 0.547. The Hall–Kier alpha value is 0.240. The average molecular weight is 176 g/mol. The first-order chi connectivity index (χ1) is 4.61. The molecule has 0 spiro atoms. The average Bonchev–Trinajstić information content (AvgIpc) is 2.10. The van der Waals surface area contributed by atoms with Crippen LogP contribution in [0.5, 0.6) is 0 Å². The lowest BCUT2D eigenvalue weighted by molar-refractivity contribution is 0.688. The molecule has 0 radical (unpaired) electrons. The fraction of sp³-hybridized carbons (Fsp3) is 0.714. The van der Waals surface area contributed by atoms with Gasteiger partial charge in [0.1, 0.15) is 0 Å². The van der Waals surface area contributed by atoms with E-state index >= 15 is 0 Å². The molecule has 1 nitrogen and oxygen atoms in total. The van der Waals surface area contributed by atoms with E-state index in [2.05, 4.69) is 6.92 Å². The highest BCUT2D eigenvalue weighted by Crippen LogP contribution is 2.35. The SMILES string of the molecule is CC(C)=C1SC(C)CS1=O. The molecule has 0 N–H and O–H groups in total. The molecule has 0 aromatic rings. The third kappa shape index (κ3) is 1.64. The van der Waals surface area contributed by atoms with Crippen LogP contribution < -0.4 is 0 Å². The molecule has 1 heterocycles. The van der Waals surface area contributed by atoms with Gasteiger partial charge in [-0.3, -0.25) is 4.21 Å². The van der Waals surface area contributed by atoms with E-state index in [1.54, 1.807) is 11.8 Å². The second kappa shape index (κ2) is 3.09. The van der Waals surface area contributed by atoms with Gasteiger partial charge >= 0.3 is 0 Å². The van der Waals surface area contributed by atoms with Gasteiger partial charge < -0.3 is 0 Å². The van der Waals surface area contributed by atoms with Crippen LogP contribution in [-0.2, 0) is 10.8 Å². The third-order valence-corrected chi connectivity index (χ3v) is 5.18. The molecule has 58 valence electrons. The molecule has 2 atom stereocenters. The van der Waals surface area contributed by atoms with Crippen molar-refractivity contribution in [3.63, 3.8) is 0 Å². The van der Waals surface area contributed by atoms with Crippen LogP contribution in [0.2, 0.25) is 0 Å². The van der Waals surface area contributed by atoms with Gasteiger partial charge in [0.2, 0.25) is 0 Å². The summed E-state index contributed by atoms with van der Waals surface area (Å²) in [6.07, 6.45) is 0. The number of hydrogen-bond acceptors (Lipinski definition) is 2. The van der Waals surface area contributed by atoms with Crippen LogP contribution in [0.25, 0.3) is 0 Å². The molecule has 1 rings (SSSR count). The lowest BCUT2D eigenvalue weighted by Crippen LogP contribution is -1.97. The van der Waals surface area contributed by atoms with E-state index in [9.17, 15) is 4.21 Å². The Kier molecular flexibility index (Phi) is 2.58. The van der Waals surface area contributed by atoms with Gasteiger partial charge in [-0.05, 0) is 13.8 Å². The molecule has 3 heteroatoms. The van der Waals surface area contributed by atoms with Crippen LogP contribution >= 0.6 is 11.8 Å². The molecular formula is C7H12OS2. The molecule has 0 aliphatic carbocycles. The minimum atomic E-state index is -0.678. The van der Waals surface area contributed by atoms with E-state index in [4.69, 9.17) is 0 Å². The molecule has 1 aliphatic heterocycles. The second-order valence-electron chi connectivity index (χ2n) is 2.73. The zero-order valence-electron chi connectivity index (χ0n) is 6.51. The van der Waals surface area contributed by atoms with E-state index in [1.807, 2.05) is 13.8 Å². The topological polar surface area (TPSA) is 17.1 Å². The summed E-state index contributed by atoms with van der Waals surface area (Å²) in [4.78, 5) is 0. The summed E-state index contributed by atoms with van der Waals surface area (Å²) in [6.45, 7) is 6.18. The van der Waals surface area contributed by atoms with Gasteiger partial charge in [0.05, 0.1) is 15.0 Å². The van der Waals surface area contributed by atoms with Crippen molar-refractivity contribution >= 4 is 22.6 Å². The number of thioether (sulfide) groups is 1. The summed E-state index contributed by atoms with van der Waals surface area (Å²) in [5.41, 5.74) is 1.22. The molecule has 1 fully saturated rings. The largest absolute Gasteiger partial charge is 0.254 e. The predicted molar refractivity (Wildman–Crippen MR) is 48.4 cm³/mol. The highest BCUT2D eigenvalue weighted by Gasteiger charge is 2.23. The van der Waals surface area contributed by atoms with Crippen molar-refractivity contribution in [1.82, 2.24) is 0 Å². The van der Waals surface area contributed by atoms with Crippen molar-refractivity contribution in [2.75, 3.05) is 5.75 Å². The lowest BCUT2D eigenvalue weighted by atomic mass is 10.4. The molecule has 2 unspecified atom stereocenters. The van der Waals surface area contributed by atoms with Crippen LogP contribution in [0.1, 0.15) is 20.8 Å². The first-order valence-corrected chi connectivity index (χ1v) is 5.53. The van der Waals surface area contributed by atoms with Gasteiger partial charge in [-0.25, -0.2) is 0 Å². The minimum absolute atomic E-state index is 0.547. The highest BCUT2D eigenvalue weighted by atomic mass is 32.2. The third-order valence-electron chi connectivity index (χ3n) is 1.31. The van der Waals surface area contributed by atoms with E-state index in [1.165, 1.54) is 5.57 Å². The standard InChI is InChI=1S/C7H12OS2/c1-5(2)7-9-6(3)4-10(7)8/h6H,4H2,1-3H3. The second-order valence-corrected chi connectivity index (χ2v) is 5.87. The molecule has 10 heavy (non-hydrogen) atoms. The van der Waals surface area contributed by atoms with Crippen molar-refractivity contribution in [3.05, 3.63) is 9.81 Å². The van der Waals surface area contributed by atoms with Gasteiger partial charge in [-0.2, -0.15) is 0 Å². The van der Waals surface area contributed by atoms with Crippen molar-refractivity contribution in [1.29, 1.82) is 0 Å². The Morgan fingerprint density at radius 3 is 2.50 bits per heavy atom. The number of allylic oxidation sites excluding steroid dienone is 1. The van der Waals surface area contributed by atoms with Gasteiger partial charge in [-0.1, -0.05) is 12.5 Å².